The van der Waals surface area contributed by atoms with Gasteiger partial charge in [-0.25, -0.2) is 15.0 Å². The summed E-state index contributed by atoms with van der Waals surface area (Å²) in [4.78, 5) is 14.7. The first-order chi connectivity index (χ1) is 10.7. The third-order valence-corrected chi connectivity index (χ3v) is 4.25. The second kappa shape index (κ2) is 6.32. The van der Waals surface area contributed by atoms with Crippen LogP contribution in [0.3, 0.4) is 0 Å². The van der Waals surface area contributed by atoms with Gasteiger partial charge in [-0.2, -0.15) is 0 Å². The van der Waals surface area contributed by atoms with Crippen LogP contribution in [0.25, 0.3) is 22.3 Å². The standard InChI is InChI=1S/C17H18N4S/c1-3-4-14-16-15(21-17(18)20-14)10-9-13(19-16)11-5-7-12(22-2)8-6-11/h5-10H,3-4H2,1-2H3,(H2,18,20,21). The number of aromatic nitrogens is 3. The van der Waals surface area contributed by atoms with Gasteiger partial charge in [0.05, 0.1) is 16.9 Å². The molecule has 5 heteroatoms. The highest BCUT2D eigenvalue weighted by Gasteiger charge is 2.09. The Hall–Kier alpha value is -2.14. The van der Waals surface area contributed by atoms with Crippen molar-refractivity contribution in [2.75, 3.05) is 12.0 Å². The van der Waals surface area contributed by atoms with Gasteiger partial charge in [0.2, 0.25) is 5.95 Å². The lowest BCUT2D eigenvalue weighted by molar-refractivity contribution is 0.885. The molecule has 0 aliphatic heterocycles. The fourth-order valence-electron chi connectivity index (χ4n) is 2.43. The largest absolute Gasteiger partial charge is 0.368 e. The molecule has 3 rings (SSSR count). The highest BCUT2D eigenvalue weighted by molar-refractivity contribution is 7.98. The summed E-state index contributed by atoms with van der Waals surface area (Å²) in [5.41, 5.74) is 10.4. The number of nitrogens with two attached hydrogens (primary N) is 1. The maximum Gasteiger partial charge on any atom is 0.220 e. The van der Waals surface area contributed by atoms with Gasteiger partial charge in [-0.1, -0.05) is 25.5 Å². The van der Waals surface area contributed by atoms with Crippen LogP contribution in [0.1, 0.15) is 19.0 Å². The Morgan fingerprint density at radius 3 is 2.45 bits per heavy atom. The van der Waals surface area contributed by atoms with Crippen molar-refractivity contribution in [3.8, 4) is 11.3 Å². The van der Waals surface area contributed by atoms with Crippen LogP contribution in [-0.2, 0) is 6.42 Å². The number of pyridine rings is 1. The summed E-state index contributed by atoms with van der Waals surface area (Å²) in [6, 6.07) is 12.4. The molecule has 0 spiro atoms. The molecule has 2 N–H and O–H groups in total. The molecule has 2 heterocycles. The van der Waals surface area contributed by atoms with Crippen LogP contribution in [0.5, 0.6) is 0 Å². The lowest BCUT2D eigenvalue weighted by Gasteiger charge is -2.08. The van der Waals surface area contributed by atoms with Crippen LogP contribution in [0.15, 0.2) is 41.3 Å². The maximum absolute atomic E-state index is 5.78. The highest BCUT2D eigenvalue weighted by atomic mass is 32.2. The number of hydrogen-bond acceptors (Lipinski definition) is 5. The predicted octanol–water partition coefficient (Wildman–Crippen LogP) is 3.95. The molecule has 0 saturated carbocycles. The predicted molar refractivity (Wildman–Crippen MR) is 93.0 cm³/mol. The van der Waals surface area contributed by atoms with E-state index in [2.05, 4.69) is 47.4 Å². The average Bonchev–Trinajstić information content (AvgIpc) is 2.55. The summed E-state index contributed by atoms with van der Waals surface area (Å²) in [6.45, 7) is 2.12. The molecule has 3 aromatic rings. The van der Waals surface area contributed by atoms with Crippen LogP contribution in [0.4, 0.5) is 5.95 Å². The van der Waals surface area contributed by atoms with Crippen molar-refractivity contribution in [3.63, 3.8) is 0 Å². The number of benzene rings is 1. The fraction of sp³-hybridized carbons (Fsp3) is 0.235. The molecule has 0 radical (unpaired) electrons. The number of rotatable bonds is 4. The first-order valence-corrected chi connectivity index (χ1v) is 8.51. The molecule has 0 amide bonds. The second-order valence-corrected chi connectivity index (χ2v) is 5.95. The van der Waals surface area contributed by atoms with Crippen molar-refractivity contribution in [1.82, 2.24) is 15.0 Å². The number of thioether (sulfide) groups is 1. The number of anilines is 1. The summed E-state index contributed by atoms with van der Waals surface area (Å²) in [7, 11) is 0. The van der Waals surface area contributed by atoms with Gasteiger partial charge in [0, 0.05) is 10.5 Å². The van der Waals surface area contributed by atoms with Crippen LogP contribution in [0, 0.1) is 0 Å². The highest BCUT2D eigenvalue weighted by Crippen LogP contribution is 2.24. The minimum Gasteiger partial charge on any atom is -0.368 e. The Morgan fingerprint density at radius 2 is 1.77 bits per heavy atom. The number of aryl methyl sites for hydroxylation is 1. The molecule has 0 unspecified atom stereocenters. The Kier molecular flexibility index (Phi) is 4.24. The van der Waals surface area contributed by atoms with E-state index in [9.17, 15) is 0 Å². The second-order valence-electron chi connectivity index (χ2n) is 5.07. The van der Waals surface area contributed by atoms with Crippen LogP contribution < -0.4 is 5.73 Å². The zero-order chi connectivity index (χ0) is 15.5. The third-order valence-electron chi connectivity index (χ3n) is 3.50. The summed E-state index contributed by atoms with van der Waals surface area (Å²) >= 11 is 1.73. The smallest absolute Gasteiger partial charge is 0.220 e. The van der Waals surface area contributed by atoms with Gasteiger partial charge in [-0.15, -0.1) is 11.8 Å². The van der Waals surface area contributed by atoms with Gasteiger partial charge >= 0.3 is 0 Å². The minimum absolute atomic E-state index is 0.315. The summed E-state index contributed by atoms with van der Waals surface area (Å²) in [5, 5.41) is 0. The monoisotopic (exact) mass is 310 g/mol. The zero-order valence-corrected chi connectivity index (χ0v) is 13.5. The quantitative estimate of drug-likeness (QED) is 0.739. The lowest BCUT2D eigenvalue weighted by Crippen LogP contribution is -2.02. The van der Waals surface area contributed by atoms with Crippen molar-refractivity contribution in [2.24, 2.45) is 0 Å². The summed E-state index contributed by atoms with van der Waals surface area (Å²) < 4.78 is 0. The van der Waals surface area contributed by atoms with Gasteiger partial charge < -0.3 is 5.73 Å². The number of nitrogen functional groups attached to an aromatic ring is 1. The fourth-order valence-corrected chi connectivity index (χ4v) is 2.84. The topological polar surface area (TPSA) is 64.7 Å². The molecule has 1 aromatic carbocycles. The molecular weight excluding hydrogens is 292 g/mol. The first kappa shape index (κ1) is 14.8. The van der Waals surface area contributed by atoms with Crippen LogP contribution in [-0.4, -0.2) is 21.2 Å². The SMILES string of the molecule is CCCc1nc(N)nc2ccc(-c3ccc(SC)cc3)nc12. The van der Waals surface area contributed by atoms with Crippen molar-refractivity contribution in [2.45, 2.75) is 24.7 Å². The average molecular weight is 310 g/mol. The van der Waals surface area contributed by atoms with Crippen LogP contribution >= 0.6 is 11.8 Å². The van der Waals surface area contributed by atoms with Gasteiger partial charge in [-0.3, -0.25) is 0 Å². The van der Waals surface area contributed by atoms with E-state index < -0.39 is 0 Å². The van der Waals surface area contributed by atoms with Gasteiger partial charge in [0.15, 0.2) is 0 Å². The van der Waals surface area contributed by atoms with E-state index in [1.165, 1.54) is 4.90 Å². The number of hydrogen-bond donors (Lipinski definition) is 1. The Balaban J connectivity index is 2.11. The van der Waals surface area contributed by atoms with Crippen molar-refractivity contribution < 1.29 is 0 Å². The third kappa shape index (κ3) is 2.90. The van der Waals surface area contributed by atoms with E-state index in [4.69, 9.17) is 10.7 Å². The van der Waals surface area contributed by atoms with E-state index in [1.807, 2.05) is 12.1 Å². The molecule has 0 aliphatic rings. The van der Waals surface area contributed by atoms with Gasteiger partial charge in [0.25, 0.3) is 0 Å². The Labute approximate surface area is 134 Å². The van der Waals surface area contributed by atoms with E-state index in [1.54, 1.807) is 11.8 Å². The van der Waals surface area contributed by atoms with E-state index in [-0.39, 0.29) is 0 Å². The zero-order valence-electron chi connectivity index (χ0n) is 12.7. The molecule has 4 nitrogen and oxygen atoms in total. The van der Waals surface area contributed by atoms with Gasteiger partial charge in [0.1, 0.15) is 5.52 Å². The van der Waals surface area contributed by atoms with Gasteiger partial charge in [-0.05, 0) is 36.9 Å². The first-order valence-electron chi connectivity index (χ1n) is 7.29. The molecule has 112 valence electrons. The lowest BCUT2D eigenvalue weighted by atomic mass is 10.1. The molecule has 0 fully saturated rings. The molecule has 2 aromatic heterocycles. The molecule has 0 bridgehead atoms. The normalized spacial score (nSPS) is 11.0. The minimum atomic E-state index is 0.315. The molecule has 0 atom stereocenters. The molecule has 22 heavy (non-hydrogen) atoms. The molecular formula is C17H18N4S. The van der Waals surface area contributed by atoms with Crippen LogP contribution in [0.2, 0.25) is 0 Å². The van der Waals surface area contributed by atoms with E-state index >= 15 is 0 Å². The number of fused-ring (bicyclic) bond motifs is 1. The van der Waals surface area contributed by atoms with Crippen molar-refractivity contribution >= 4 is 28.7 Å². The Morgan fingerprint density at radius 1 is 1.00 bits per heavy atom. The van der Waals surface area contributed by atoms with Crippen molar-refractivity contribution in [1.29, 1.82) is 0 Å². The van der Waals surface area contributed by atoms with Crippen molar-refractivity contribution in [3.05, 3.63) is 42.1 Å². The Bertz CT molecular complexity index is 800. The summed E-state index contributed by atoms with van der Waals surface area (Å²) in [6.07, 6.45) is 3.92. The molecule has 0 saturated heterocycles. The van der Waals surface area contributed by atoms with E-state index in [0.717, 1.165) is 40.8 Å². The number of nitrogens with zero attached hydrogens (tertiary/aromatic N) is 3. The maximum atomic E-state index is 5.78. The van der Waals surface area contributed by atoms with E-state index in [0.29, 0.717) is 5.95 Å². The molecule has 0 aliphatic carbocycles. The summed E-state index contributed by atoms with van der Waals surface area (Å²) in [5.74, 6) is 0.315.